The van der Waals surface area contributed by atoms with Crippen LogP contribution in [-0.2, 0) is 13.0 Å². The number of ether oxygens (including phenoxy) is 1. The largest absolute Gasteiger partial charge is 0.489 e. The first-order chi connectivity index (χ1) is 12.0. The smallest absolute Gasteiger partial charge is 0.138 e. The number of aromatic nitrogens is 1. The summed E-state index contributed by atoms with van der Waals surface area (Å²) >= 11 is 7.17. The standard InChI is InChI=1S/C20H22Br2N2O/c1-13(2)25-20-15(9-16(21)10-18(20)22)11-23-8-7-14-12-24-19-6-4-3-5-17(14)19/h3-6,9-10,12-13,23-24H,7-8,11H2,1-2H3. The molecule has 3 aromatic rings. The molecule has 0 aliphatic rings. The number of H-pyrrole nitrogens is 1. The highest BCUT2D eigenvalue weighted by Crippen LogP contribution is 2.33. The van der Waals surface area contributed by atoms with Gasteiger partial charge in [-0.05, 0) is 66.5 Å². The number of fused-ring (bicyclic) bond motifs is 1. The molecule has 0 spiro atoms. The Bertz CT molecular complexity index is 858. The van der Waals surface area contributed by atoms with Crippen molar-refractivity contribution in [3.63, 3.8) is 0 Å². The van der Waals surface area contributed by atoms with E-state index in [1.165, 1.54) is 16.5 Å². The molecule has 25 heavy (non-hydrogen) atoms. The zero-order chi connectivity index (χ0) is 17.8. The predicted molar refractivity (Wildman–Crippen MR) is 111 cm³/mol. The van der Waals surface area contributed by atoms with E-state index in [2.05, 4.69) is 78.7 Å². The second-order valence-electron chi connectivity index (χ2n) is 6.33. The fourth-order valence-electron chi connectivity index (χ4n) is 2.90. The van der Waals surface area contributed by atoms with Gasteiger partial charge in [0.15, 0.2) is 0 Å². The normalized spacial score (nSPS) is 11.4. The van der Waals surface area contributed by atoms with E-state index in [-0.39, 0.29) is 6.10 Å². The fraction of sp³-hybridized carbons (Fsp3) is 0.300. The summed E-state index contributed by atoms with van der Waals surface area (Å²) in [5.74, 6) is 0.915. The van der Waals surface area contributed by atoms with E-state index in [0.717, 1.165) is 39.8 Å². The van der Waals surface area contributed by atoms with Crippen molar-refractivity contribution in [2.24, 2.45) is 0 Å². The fourth-order valence-corrected chi connectivity index (χ4v) is 4.30. The van der Waals surface area contributed by atoms with Crippen LogP contribution in [0.15, 0.2) is 51.5 Å². The van der Waals surface area contributed by atoms with Gasteiger partial charge in [0.2, 0.25) is 0 Å². The highest BCUT2D eigenvalue weighted by molar-refractivity contribution is 9.11. The lowest BCUT2D eigenvalue weighted by Gasteiger charge is -2.17. The number of halogens is 2. The summed E-state index contributed by atoms with van der Waals surface area (Å²) in [4.78, 5) is 3.33. The number of aromatic amines is 1. The van der Waals surface area contributed by atoms with Gasteiger partial charge in [-0.2, -0.15) is 0 Å². The lowest BCUT2D eigenvalue weighted by atomic mass is 10.1. The van der Waals surface area contributed by atoms with Crippen molar-refractivity contribution >= 4 is 42.8 Å². The molecule has 3 nitrogen and oxygen atoms in total. The van der Waals surface area contributed by atoms with Gasteiger partial charge in [-0.25, -0.2) is 0 Å². The van der Waals surface area contributed by atoms with Crippen LogP contribution >= 0.6 is 31.9 Å². The monoisotopic (exact) mass is 464 g/mol. The van der Waals surface area contributed by atoms with E-state index < -0.39 is 0 Å². The summed E-state index contributed by atoms with van der Waals surface area (Å²) in [6, 6.07) is 12.6. The first-order valence-corrected chi connectivity index (χ1v) is 10.0. The number of hydrogen-bond acceptors (Lipinski definition) is 2. The van der Waals surface area contributed by atoms with Crippen LogP contribution in [0, 0.1) is 0 Å². The average molecular weight is 466 g/mol. The third kappa shape index (κ3) is 4.66. The molecule has 1 heterocycles. The summed E-state index contributed by atoms with van der Waals surface area (Å²) in [5.41, 5.74) is 3.69. The molecule has 3 rings (SSSR count). The Morgan fingerprint density at radius 2 is 1.92 bits per heavy atom. The van der Waals surface area contributed by atoms with Crippen LogP contribution in [0.5, 0.6) is 5.75 Å². The first kappa shape index (κ1) is 18.5. The molecule has 0 fully saturated rings. The molecule has 0 unspecified atom stereocenters. The number of para-hydroxylation sites is 1. The molecule has 0 saturated heterocycles. The van der Waals surface area contributed by atoms with Crippen molar-refractivity contribution in [2.75, 3.05) is 6.54 Å². The van der Waals surface area contributed by atoms with Gasteiger partial charge in [0, 0.05) is 33.7 Å². The third-order valence-corrected chi connectivity index (χ3v) is 5.05. The van der Waals surface area contributed by atoms with Crippen molar-refractivity contribution < 1.29 is 4.74 Å². The van der Waals surface area contributed by atoms with E-state index in [0.29, 0.717) is 0 Å². The maximum atomic E-state index is 5.98. The van der Waals surface area contributed by atoms with Gasteiger partial charge < -0.3 is 15.0 Å². The topological polar surface area (TPSA) is 37.0 Å². The van der Waals surface area contributed by atoms with E-state index >= 15 is 0 Å². The summed E-state index contributed by atoms with van der Waals surface area (Å²) in [6.07, 6.45) is 3.23. The van der Waals surface area contributed by atoms with Gasteiger partial charge in [-0.3, -0.25) is 0 Å². The van der Waals surface area contributed by atoms with E-state index in [1.54, 1.807) is 0 Å². The zero-order valence-corrected chi connectivity index (χ0v) is 17.6. The van der Waals surface area contributed by atoms with Gasteiger partial charge in [0.1, 0.15) is 5.75 Å². The Labute approximate surface area is 165 Å². The van der Waals surface area contributed by atoms with Crippen LogP contribution in [-0.4, -0.2) is 17.6 Å². The molecule has 132 valence electrons. The van der Waals surface area contributed by atoms with Crippen LogP contribution in [0.3, 0.4) is 0 Å². The lowest BCUT2D eigenvalue weighted by molar-refractivity contribution is 0.238. The molecule has 1 aromatic heterocycles. The molecule has 0 atom stereocenters. The Balaban J connectivity index is 1.64. The van der Waals surface area contributed by atoms with Crippen LogP contribution < -0.4 is 10.1 Å². The van der Waals surface area contributed by atoms with Crippen LogP contribution in [0.4, 0.5) is 0 Å². The minimum absolute atomic E-state index is 0.141. The van der Waals surface area contributed by atoms with E-state index in [1.807, 2.05) is 19.9 Å². The SMILES string of the molecule is CC(C)Oc1c(Br)cc(Br)cc1CNCCc1c[nH]c2ccccc12. The van der Waals surface area contributed by atoms with Crippen molar-refractivity contribution in [3.8, 4) is 5.75 Å². The maximum Gasteiger partial charge on any atom is 0.138 e. The summed E-state index contributed by atoms with van der Waals surface area (Å²) in [7, 11) is 0. The highest BCUT2D eigenvalue weighted by atomic mass is 79.9. The third-order valence-electron chi connectivity index (χ3n) is 4.00. The van der Waals surface area contributed by atoms with Crippen molar-refractivity contribution in [3.05, 3.63) is 62.7 Å². The van der Waals surface area contributed by atoms with Crippen molar-refractivity contribution in [2.45, 2.75) is 32.9 Å². The second kappa shape index (κ2) is 8.39. The zero-order valence-electron chi connectivity index (χ0n) is 14.4. The Kier molecular flexibility index (Phi) is 6.20. The highest BCUT2D eigenvalue weighted by Gasteiger charge is 2.12. The summed E-state index contributed by atoms with van der Waals surface area (Å²) in [6.45, 7) is 5.76. The minimum Gasteiger partial charge on any atom is -0.489 e. The van der Waals surface area contributed by atoms with Gasteiger partial charge in [0.25, 0.3) is 0 Å². The molecule has 0 aliphatic carbocycles. The average Bonchev–Trinajstić information content (AvgIpc) is 2.97. The molecule has 2 aromatic carbocycles. The predicted octanol–water partition coefficient (Wildman–Crippen LogP) is 5.81. The van der Waals surface area contributed by atoms with Crippen LogP contribution in [0.25, 0.3) is 10.9 Å². The van der Waals surface area contributed by atoms with E-state index in [4.69, 9.17) is 4.74 Å². The number of hydrogen-bond donors (Lipinski definition) is 2. The van der Waals surface area contributed by atoms with Crippen molar-refractivity contribution in [1.82, 2.24) is 10.3 Å². The lowest BCUT2D eigenvalue weighted by Crippen LogP contribution is -2.18. The molecule has 0 saturated carbocycles. The molecule has 0 aliphatic heterocycles. The molecule has 5 heteroatoms. The van der Waals surface area contributed by atoms with Gasteiger partial charge in [-0.15, -0.1) is 0 Å². The molecule has 2 N–H and O–H groups in total. The van der Waals surface area contributed by atoms with Gasteiger partial charge >= 0.3 is 0 Å². The van der Waals surface area contributed by atoms with Crippen LogP contribution in [0.1, 0.15) is 25.0 Å². The molecule has 0 bridgehead atoms. The maximum absolute atomic E-state index is 5.98. The number of benzene rings is 2. The Morgan fingerprint density at radius 3 is 2.72 bits per heavy atom. The van der Waals surface area contributed by atoms with Gasteiger partial charge in [-0.1, -0.05) is 34.1 Å². The second-order valence-corrected chi connectivity index (χ2v) is 8.10. The molecule has 0 amide bonds. The van der Waals surface area contributed by atoms with Gasteiger partial charge in [0.05, 0.1) is 10.6 Å². The van der Waals surface area contributed by atoms with Crippen molar-refractivity contribution in [1.29, 1.82) is 0 Å². The Hall–Kier alpha value is -1.30. The number of nitrogens with one attached hydrogen (secondary N) is 2. The molecular formula is C20H22Br2N2O. The minimum atomic E-state index is 0.141. The number of rotatable bonds is 7. The van der Waals surface area contributed by atoms with Crippen LogP contribution in [0.2, 0.25) is 0 Å². The summed E-state index contributed by atoms with van der Waals surface area (Å²) in [5, 5.41) is 4.84. The molecule has 0 radical (unpaired) electrons. The van der Waals surface area contributed by atoms with E-state index in [9.17, 15) is 0 Å². The molecular weight excluding hydrogens is 444 g/mol. The summed E-state index contributed by atoms with van der Waals surface area (Å²) < 4.78 is 8.00. The quantitative estimate of drug-likeness (QED) is 0.432. The Morgan fingerprint density at radius 1 is 1.12 bits per heavy atom. The first-order valence-electron chi connectivity index (χ1n) is 8.45.